The molecule has 0 saturated heterocycles. The van der Waals surface area contributed by atoms with E-state index < -0.39 is 0 Å². The molecule has 7 heteroatoms. The third kappa shape index (κ3) is 5.79. The molecule has 0 unspecified atom stereocenters. The van der Waals surface area contributed by atoms with Crippen LogP contribution < -0.4 is 10.7 Å². The van der Waals surface area contributed by atoms with Crippen LogP contribution in [0.4, 0.5) is 5.82 Å². The lowest BCUT2D eigenvalue weighted by Crippen LogP contribution is -2.18. The van der Waals surface area contributed by atoms with Crippen molar-refractivity contribution >= 4 is 33.4 Å². The van der Waals surface area contributed by atoms with Crippen molar-refractivity contribution in [1.82, 2.24) is 10.3 Å². The van der Waals surface area contributed by atoms with E-state index in [1.165, 1.54) is 6.92 Å². The predicted molar refractivity (Wildman–Crippen MR) is 108 cm³/mol. The number of benzene rings is 1. The predicted octanol–water partition coefficient (Wildman–Crippen LogP) is 4.13. The molecule has 2 aromatic heterocycles. The molecule has 0 spiro atoms. The summed E-state index contributed by atoms with van der Waals surface area (Å²) in [5.74, 6) is 2.03. The van der Waals surface area contributed by atoms with Gasteiger partial charge in [-0.1, -0.05) is 30.3 Å². The zero-order valence-corrected chi connectivity index (χ0v) is 16.4. The largest absolute Gasteiger partial charge is 0.464 e. The van der Waals surface area contributed by atoms with Crippen LogP contribution in [0, 0.1) is 0 Å². The number of furan rings is 1. The topological polar surface area (TPSA) is 79.5 Å². The molecule has 0 saturated carbocycles. The first-order valence-corrected chi connectivity index (χ1v) is 9.21. The summed E-state index contributed by atoms with van der Waals surface area (Å²) in [4.78, 5) is 15.3. The number of halogens is 1. The molecule has 0 atom stereocenters. The minimum Gasteiger partial charge on any atom is -0.464 e. The molecule has 6 nitrogen and oxygen atoms in total. The van der Waals surface area contributed by atoms with Gasteiger partial charge >= 0.3 is 0 Å². The second kappa shape index (κ2) is 9.14. The first-order valence-electron chi connectivity index (χ1n) is 8.42. The van der Waals surface area contributed by atoms with Gasteiger partial charge in [0.2, 0.25) is 5.91 Å². The Kier molecular flexibility index (Phi) is 6.38. The van der Waals surface area contributed by atoms with Crippen molar-refractivity contribution in [3.63, 3.8) is 0 Å². The Hall–Kier alpha value is -2.93. The van der Waals surface area contributed by atoms with Crippen molar-refractivity contribution in [2.45, 2.75) is 19.9 Å². The summed E-state index contributed by atoms with van der Waals surface area (Å²) < 4.78 is 6.71. The van der Waals surface area contributed by atoms with E-state index in [1.54, 1.807) is 6.20 Å². The maximum atomic E-state index is 11.0. The minimum absolute atomic E-state index is 0.0920. The van der Waals surface area contributed by atoms with Gasteiger partial charge in [-0.2, -0.15) is 5.10 Å². The lowest BCUT2D eigenvalue weighted by atomic mass is 10.1. The van der Waals surface area contributed by atoms with Gasteiger partial charge in [0.25, 0.3) is 0 Å². The molecule has 2 heterocycles. The van der Waals surface area contributed by atoms with Crippen LogP contribution in [0.15, 0.2) is 74.8 Å². The summed E-state index contributed by atoms with van der Waals surface area (Å²) in [5, 5.41) is 7.26. The number of carbonyl (C=O) groups excluding carboxylic acids is 1. The van der Waals surface area contributed by atoms with Crippen LogP contribution >= 0.6 is 15.9 Å². The number of nitrogens with one attached hydrogen (secondary N) is 2. The molecule has 0 aliphatic heterocycles. The zero-order valence-electron chi connectivity index (χ0n) is 14.8. The van der Waals surface area contributed by atoms with Crippen molar-refractivity contribution in [3.8, 4) is 0 Å². The summed E-state index contributed by atoms with van der Waals surface area (Å²) in [6, 6.07) is 17.4. The van der Waals surface area contributed by atoms with Crippen LogP contribution in [0.3, 0.4) is 0 Å². The fourth-order valence-electron chi connectivity index (χ4n) is 2.39. The number of anilines is 1. The van der Waals surface area contributed by atoms with Gasteiger partial charge in [-0.25, -0.2) is 4.98 Å². The summed E-state index contributed by atoms with van der Waals surface area (Å²) in [7, 11) is 0. The first-order chi connectivity index (χ1) is 13.1. The van der Waals surface area contributed by atoms with E-state index in [1.807, 2.05) is 54.6 Å². The third-order valence-electron chi connectivity index (χ3n) is 3.71. The van der Waals surface area contributed by atoms with Gasteiger partial charge < -0.3 is 9.73 Å². The Morgan fingerprint density at radius 1 is 1.11 bits per heavy atom. The van der Waals surface area contributed by atoms with Crippen LogP contribution in [0.1, 0.15) is 24.0 Å². The normalized spacial score (nSPS) is 11.3. The van der Waals surface area contributed by atoms with E-state index in [0.717, 1.165) is 21.5 Å². The molecule has 0 aliphatic carbocycles. The monoisotopic (exact) mass is 426 g/mol. The van der Waals surface area contributed by atoms with Crippen molar-refractivity contribution in [2.75, 3.05) is 5.43 Å². The molecule has 0 fully saturated rings. The number of nitrogens with zero attached hydrogens (tertiary/aromatic N) is 2. The van der Waals surface area contributed by atoms with Crippen LogP contribution in [0.5, 0.6) is 0 Å². The standard InChI is InChI=1S/C20H19BrN4O2/c1-14(26)22-13-18-9-8-17(27-18)11-19(15-5-3-2-4-6-15)24-25-20-10-7-16(21)12-23-20/h2-10,12H,11,13H2,1H3,(H,22,26)(H,23,25). The lowest BCUT2D eigenvalue weighted by Gasteiger charge is -2.07. The molecule has 1 aromatic carbocycles. The first kappa shape index (κ1) is 18.8. The van der Waals surface area contributed by atoms with Gasteiger partial charge in [0, 0.05) is 17.6 Å². The molecule has 0 radical (unpaired) electrons. The maximum absolute atomic E-state index is 11.0. The Morgan fingerprint density at radius 3 is 2.59 bits per heavy atom. The van der Waals surface area contributed by atoms with E-state index >= 15 is 0 Å². The number of hydrazone groups is 1. The molecule has 1 amide bonds. The molecular weight excluding hydrogens is 408 g/mol. The number of aromatic nitrogens is 1. The van der Waals surface area contributed by atoms with Gasteiger partial charge in [-0.05, 0) is 45.8 Å². The molecule has 2 N–H and O–H groups in total. The highest BCUT2D eigenvalue weighted by atomic mass is 79.9. The molecule has 0 bridgehead atoms. The molecule has 27 heavy (non-hydrogen) atoms. The Morgan fingerprint density at radius 2 is 1.89 bits per heavy atom. The average molecular weight is 427 g/mol. The molecular formula is C20H19BrN4O2. The number of hydrogen-bond acceptors (Lipinski definition) is 5. The molecule has 138 valence electrons. The van der Waals surface area contributed by atoms with Gasteiger partial charge in [0.15, 0.2) is 0 Å². The Bertz CT molecular complexity index is 921. The maximum Gasteiger partial charge on any atom is 0.217 e. The highest BCUT2D eigenvalue weighted by Crippen LogP contribution is 2.14. The van der Waals surface area contributed by atoms with E-state index in [9.17, 15) is 4.79 Å². The van der Waals surface area contributed by atoms with Crippen LogP contribution in [0.2, 0.25) is 0 Å². The second-order valence-corrected chi connectivity index (χ2v) is 6.77. The van der Waals surface area contributed by atoms with Crippen LogP contribution in [0.25, 0.3) is 0 Å². The van der Waals surface area contributed by atoms with Crippen molar-refractivity contribution < 1.29 is 9.21 Å². The SMILES string of the molecule is CC(=O)NCc1ccc(CC(=NNc2ccc(Br)cn2)c2ccccc2)o1. The van der Waals surface area contributed by atoms with E-state index in [0.29, 0.717) is 24.5 Å². The van der Waals surface area contributed by atoms with Crippen molar-refractivity contribution in [1.29, 1.82) is 0 Å². The Labute approximate surface area is 165 Å². The number of rotatable bonds is 7. The summed E-state index contributed by atoms with van der Waals surface area (Å²) in [6.07, 6.45) is 2.22. The number of hydrogen-bond donors (Lipinski definition) is 2. The summed E-state index contributed by atoms with van der Waals surface area (Å²) >= 11 is 3.37. The van der Waals surface area contributed by atoms with Gasteiger partial charge in [0.05, 0.1) is 18.7 Å². The highest BCUT2D eigenvalue weighted by Gasteiger charge is 2.10. The second-order valence-electron chi connectivity index (χ2n) is 5.85. The lowest BCUT2D eigenvalue weighted by molar-refractivity contribution is -0.119. The van der Waals surface area contributed by atoms with Gasteiger partial charge in [0.1, 0.15) is 17.3 Å². The van der Waals surface area contributed by atoms with Crippen molar-refractivity contribution in [2.24, 2.45) is 5.10 Å². The Balaban J connectivity index is 1.77. The average Bonchev–Trinajstić information content (AvgIpc) is 3.13. The van der Waals surface area contributed by atoms with E-state index in [-0.39, 0.29) is 5.91 Å². The fraction of sp³-hybridized carbons (Fsp3) is 0.150. The third-order valence-corrected chi connectivity index (χ3v) is 4.18. The number of pyridine rings is 1. The smallest absolute Gasteiger partial charge is 0.217 e. The summed E-state index contributed by atoms with van der Waals surface area (Å²) in [5.41, 5.74) is 4.80. The molecule has 3 rings (SSSR count). The van der Waals surface area contributed by atoms with Crippen LogP contribution in [-0.2, 0) is 17.8 Å². The van der Waals surface area contributed by atoms with Crippen molar-refractivity contribution in [3.05, 3.63) is 82.4 Å². The molecule has 3 aromatic rings. The molecule has 0 aliphatic rings. The van der Waals surface area contributed by atoms with E-state index in [2.05, 4.69) is 36.8 Å². The highest BCUT2D eigenvalue weighted by molar-refractivity contribution is 9.10. The zero-order chi connectivity index (χ0) is 19.1. The van der Waals surface area contributed by atoms with Crippen LogP contribution in [-0.4, -0.2) is 16.6 Å². The van der Waals surface area contributed by atoms with Gasteiger partial charge in [-0.3, -0.25) is 10.2 Å². The van der Waals surface area contributed by atoms with Gasteiger partial charge in [-0.15, -0.1) is 0 Å². The number of carbonyl (C=O) groups is 1. The van der Waals surface area contributed by atoms with E-state index in [4.69, 9.17) is 4.42 Å². The minimum atomic E-state index is -0.0920. The fourth-order valence-corrected chi connectivity index (χ4v) is 2.63. The number of amides is 1. The summed E-state index contributed by atoms with van der Waals surface area (Å²) in [6.45, 7) is 1.85. The quantitative estimate of drug-likeness (QED) is 0.439.